The van der Waals surface area contributed by atoms with Crippen LogP contribution in [0.25, 0.3) is 0 Å². The van der Waals surface area contributed by atoms with Gasteiger partial charge in [-0.3, -0.25) is 4.79 Å². The summed E-state index contributed by atoms with van der Waals surface area (Å²) in [4.78, 5) is 24.5. The predicted molar refractivity (Wildman–Crippen MR) is 128 cm³/mol. The van der Waals surface area contributed by atoms with Gasteiger partial charge in [-0.15, -0.1) is 0 Å². The number of anilines is 2. The van der Waals surface area contributed by atoms with Crippen LogP contribution in [0.15, 0.2) is 30.3 Å². The molecule has 2 atom stereocenters. The molecule has 3 aliphatic carbocycles. The molecule has 0 aliphatic heterocycles. The first-order chi connectivity index (χ1) is 15.6. The first-order valence-electron chi connectivity index (χ1n) is 12.3. The van der Waals surface area contributed by atoms with Crippen LogP contribution in [0.4, 0.5) is 11.8 Å². The van der Waals surface area contributed by atoms with Crippen molar-refractivity contribution in [2.24, 2.45) is 5.92 Å². The maximum Gasteiger partial charge on any atom is 0.225 e. The molecular weight excluding hydrogens is 398 g/mol. The van der Waals surface area contributed by atoms with Gasteiger partial charge < -0.3 is 15.5 Å². The minimum Gasteiger partial charge on any atom is -0.362 e. The Morgan fingerprint density at radius 3 is 2.44 bits per heavy atom. The predicted octanol–water partition coefficient (Wildman–Crippen LogP) is 4.06. The van der Waals surface area contributed by atoms with Gasteiger partial charge in [-0.05, 0) is 69.3 Å². The lowest BCUT2D eigenvalue weighted by molar-refractivity contribution is -0.123. The number of nitrogens with one attached hydrogen (secondary N) is 2. The summed E-state index contributed by atoms with van der Waals surface area (Å²) in [6.07, 6.45) is 9.66. The Morgan fingerprint density at radius 2 is 1.69 bits per heavy atom. The lowest BCUT2D eigenvalue weighted by Crippen LogP contribution is -2.41. The molecule has 32 heavy (non-hydrogen) atoms. The number of rotatable bonds is 6. The van der Waals surface area contributed by atoms with Crippen LogP contribution in [0.3, 0.4) is 0 Å². The van der Waals surface area contributed by atoms with Crippen molar-refractivity contribution in [3.05, 3.63) is 47.2 Å². The molecule has 0 bridgehead atoms. The molecule has 5 rings (SSSR count). The van der Waals surface area contributed by atoms with Crippen LogP contribution in [0.1, 0.15) is 67.7 Å². The van der Waals surface area contributed by atoms with Crippen molar-refractivity contribution in [3.8, 4) is 0 Å². The molecule has 0 radical (unpaired) electrons. The van der Waals surface area contributed by atoms with Gasteiger partial charge in [0.1, 0.15) is 5.82 Å². The maximum atomic E-state index is 12.7. The number of benzene rings is 1. The number of carbonyl (C=O) groups excluding carboxylic acids is 1. The van der Waals surface area contributed by atoms with E-state index in [9.17, 15) is 4.79 Å². The number of hydrogen-bond donors (Lipinski definition) is 2. The van der Waals surface area contributed by atoms with Crippen molar-refractivity contribution >= 4 is 17.7 Å². The van der Waals surface area contributed by atoms with Crippen molar-refractivity contribution in [1.82, 2.24) is 15.3 Å². The van der Waals surface area contributed by atoms with E-state index in [4.69, 9.17) is 9.97 Å². The van der Waals surface area contributed by atoms with E-state index in [1.165, 1.54) is 29.7 Å². The van der Waals surface area contributed by atoms with Gasteiger partial charge in [-0.2, -0.15) is 4.98 Å². The summed E-state index contributed by atoms with van der Waals surface area (Å²) in [6, 6.07) is 11.1. The second kappa shape index (κ2) is 9.08. The van der Waals surface area contributed by atoms with Gasteiger partial charge in [0.2, 0.25) is 11.9 Å². The highest BCUT2D eigenvalue weighted by atomic mass is 16.2. The molecule has 3 aliphatic rings. The highest BCUT2D eigenvalue weighted by Gasteiger charge is 2.44. The third-order valence-corrected chi connectivity index (χ3v) is 7.35. The number of aromatic nitrogens is 2. The lowest BCUT2D eigenvalue weighted by atomic mass is 9.91. The molecule has 2 fully saturated rings. The van der Waals surface area contributed by atoms with E-state index in [0.717, 1.165) is 56.7 Å². The minimum atomic E-state index is 0.154. The van der Waals surface area contributed by atoms with Crippen LogP contribution in [0, 0.1) is 5.92 Å². The zero-order chi connectivity index (χ0) is 22.1. The van der Waals surface area contributed by atoms with Crippen molar-refractivity contribution in [2.45, 2.75) is 75.8 Å². The summed E-state index contributed by atoms with van der Waals surface area (Å²) >= 11 is 0. The van der Waals surface area contributed by atoms with E-state index in [1.807, 2.05) is 6.07 Å². The highest BCUT2D eigenvalue weighted by Crippen LogP contribution is 2.47. The molecule has 1 unspecified atom stereocenters. The third kappa shape index (κ3) is 4.59. The Bertz CT molecular complexity index is 952. The Morgan fingerprint density at radius 1 is 0.969 bits per heavy atom. The quantitative estimate of drug-likeness (QED) is 0.719. The number of amides is 1. The molecular formula is C26H35N5O. The Balaban J connectivity index is 1.13. The molecule has 2 saturated carbocycles. The van der Waals surface area contributed by atoms with Gasteiger partial charge in [0.05, 0.1) is 5.69 Å². The number of aryl methyl sites for hydroxylation is 1. The van der Waals surface area contributed by atoms with Crippen molar-refractivity contribution < 1.29 is 4.79 Å². The normalized spacial score (nSPS) is 26.7. The average molecular weight is 434 g/mol. The maximum absolute atomic E-state index is 12.7. The monoisotopic (exact) mass is 433 g/mol. The third-order valence-electron chi connectivity index (χ3n) is 7.35. The number of carbonyl (C=O) groups is 1. The van der Waals surface area contributed by atoms with E-state index >= 15 is 0 Å². The summed E-state index contributed by atoms with van der Waals surface area (Å²) in [6.45, 7) is 0. The topological polar surface area (TPSA) is 70.2 Å². The zero-order valence-corrected chi connectivity index (χ0v) is 19.3. The first-order valence-corrected chi connectivity index (χ1v) is 12.3. The van der Waals surface area contributed by atoms with Crippen LogP contribution in [0.2, 0.25) is 0 Å². The van der Waals surface area contributed by atoms with Crippen LogP contribution in [-0.4, -0.2) is 42.1 Å². The molecule has 6 nitrogen and oxygen atoms in total. The van der Waals surface area contributed by atoms with E-state index < -0.39 is 0 Å². The molecule has 0 spiro atoms. The minimum absolute atomic E-state index is 0.154. The summed E-state index contributed by atoms with van der Waals surface area (Å²) in [5, 5.41) is 6.93. The molecule has 2 aromatic rings. The Kier molecular flexibility index (Phi) is 6.03. The Labute approximate surface area is 191 Å². The zero-order valence-electron chi connectivity index (χ0n) is 19.3. The second-order valence-corrected chi connectivity index (χ2v) is 9.96. The molecule has 1 heterocycles. The van der Waals surface area contributed by atoms with Crippen LogP contribution in [-0.2, 0) is 17.6 Å². The summed E-state index contributed by atoms with van der Waals surface area (Å²) in [5.74, 6) is 2.63. The van der Waals surface area contributed by atoms with Crippen molar-refractivity contribution in [3.63, 3.8) is 0 Å². The van der Waals surface area contributed by atoms with Crippen LogP contribution < -0.4 is 15.5 Å². The molecule has 1 aromatic carbocycles. The van der Waals surface area contributed by atoms with Gasteiger partial charge in [-0.25, -0.2) is 4.98 Å². The van der Waals surface area contributed by atoms with Gasteiger partial charge in [-0.1, -0.05) is 30.3 Å². The van der Waals surface area contributed by atoms with Crippen LogP contribution in [0.5, 0.6) is 0 Å². The van der Waals surface area contributed by atoms with E-state index in [2.05, 4.69) is 53.9 Å². The molecule has 170 valence electrons. The molecule has 0 saturated heterocycles. The van der Waals surface area contributed by atoms with Crippen LogP contribution >= 0.6 is 0 Å². The van der Waals surface area contributed by atoms with Gasteiger partial charge in [0.25, 0.3) is 0 Å². The summed E-state index contributed by atoms with van der Waals surface area (Å²) in [7, 11) is 4.13. The number of hydrogen-bond acceptors (Lipinski definition) is 5. The number of fused-ring (bicyclic) bond motifs is 1. The van der Waals surface area contributed by atoms with Crippen molar-refractivity contribution in [2.75, 3.05) is 24.3 Å². The largest absolute Gasteiger partial charge is 0.362 e. The van der Waals surface area contributed by atoms with Gasteiger partial charge >= 0.3 is 0 Å². The SMILES string of the molecule is CN(C)c1nc(NC2CCC(NC(=O)C3C[C@H]3c3ccccc3)CC2)nc2c1CCCC2. The van der Waals surface area contributed by atoms with Gasteiger partial charge in [0, 0.05) is 37.7 Å². The fourth-order valence-corrected chi connectivity index (χ4v) is 5.44. The fraction of sp³-hybridized carbons (Fsp3) is 0.577. The first kappa shape index (κ1) is 21.2. The lowest BCUT2D eigenvalue weighted by Gasteiger charge is -2.30. The molecule has 1 amide bonds. The van der Waals surface area contributed by atoms with Gasteiger partial charge in [0.15, 0.2) is 0 Å². The second-order valence-electron chi connectivity index (χ2n) is 9.96. The average Bonchev–Trinajstić information content (AvgIpc) is 3.62. The highest BCUT2D eigenvalue weighted by molar-refractivity contribution is 5.83. The van der Waals surface area contributed by atoms with E-state index in [0.29, 0.717) is 18.0 Å². The van der Waals surface area contributed by atoms with Crippen molar-refractivity contribution in [1.29, 1.82) is 0 Å². The number of nitrogens with zero attached hydrogens (tertiary/aromatic N) is 3. The smallest absolute Gasteiger partial charge is 0.225 e. The Hall–Kier alpha value is -2.63. The van der Waals surface area contributed by atoms with E-state index in [-0.39, 0.29) is 11.8 Å². The molecule has 6 heteroatoms. The molecule has 2 N–H and O–H groups in total. The summed E-state index contributed by atoms with van der Waals surface area (Å²) < 4.78 is 0. The summed E-state index contributed by atoms with van der Waals surface area (Å²) in [5.41, 5.74) is 3.84. The standard InChI is InChI=1S/C26H35N5O/c1-31(2)24-20-10-6-7-11-23(20)29-26(30-24)28-19-14-12-18(13-15-19)27-25(32)22-16-21(22)17-8-4-3-5-9-17/h3-5,8-9,18-19,21-22H,6-7,10-16H2,1-2H3,(H,27,32)(H,28,29,30)/t18?,19?,21-,22?/m0/s1. The van der Waals surface area contributed by atoms with E-state index in [1.54, 1.807) is 0 Å². The fourth-order valence-electron chi connectivity index (χ4n) is 5.44. The molecule has 1 aromatic heterocycles.